The van der Waals surface area contributed by atoms with Crippen molar-refractivity contribution in [2.45, 2.75) is 39.3 Å². The minimum Gasteiger partial charge on any atom is -0.371 e. The van der Waals surface area contributed by atoms with Crippen LogP contribution in [-0.2, 0) is 6.54 Å². The van der Waals surface area contributed by atoms with Crippen molar-refractivity contribution in [2.24, 2.45) is 0 Å². The Morgan fingerprint density at radius 2 is 2.00 bits per heavy atom. The monoisotopic (exact) mass is 353 g/mol. The van der Waals surface area contributed by atoms with E-state index in [0.29, 0.717) is 6.04 Å². The molecule has 2 rings (SSSR count). The number of anilines is 1. The topological polar surface area (TPSA) is 18.5 Å². The summed E-state index contributed by atoms with van der Waals surface area (Å²) in [4.78, 5) is 5.04. The molecule has 0 radical (unpaired) electrons. The molecule has 3 nitrogen and oxygen atoms in total. The van der Waals surface area contributed by atoms with Gasteiger partial charge in [-0.1, -0.05) is 29.8 Å². The van der Waals surface area contributed by atoms with Crippen molar-refractivity contribution in [2.75, 3.05) is 38.1 Å². The van der Waals surface area contributed by atoms with Gasteiger partial charge in [-0.25, -0.2) is 0 Å². The molecule has 0 unspecified atom stereocenters. The number of nitrogens with one attached hydrogen (secondary N) is 1. The van der Waals surface area contributed by atoms with Crippen molar-refractivity contribution in [3.63, 3.8) is 0 Å². The van der Waals surface area contributed by atoms with E-state index in [2.05, 4.69) is 70.1 Å². The standard InChI is InChI=1S/C17H28BrN3/c1-4-19-13-14-12-15(18)6-7-17(14)20(3)16-8-10-21(5-2)11-9-16/h6-7,12,16,19H,4-5,8-11,13H2,1-3H3. The summed E-state index contributed by atoms with van der Waals surface area (Å²) in [5, 5.41) is 3.45. The van der Waals surface area contributed by atoms with Crippen molar-refractivity contribution in [1.82, 2.24) is 10.2 Å². The molecule has 1 aromatic carbocycles. The zero-order valence-corrected chi connectivity index (χ0v) is 15.1. The van der Waals surface area contributed by atoms with Crippen LogP contribution in [0.3, 0.4) is 0 Å². The Bertz CT molecular complexity index is 442. The minimum atomic E-state index is 0.661. The molecule has 0 aromatic heterocycles. The Labute approximate surface area is 137 Å². The van der Waals surface area contributed by atoms with Crippen LogP contribution in [0.25, 0.3) is 0 Å². The van der Waals surface area contributed by atoms with Gasteiger partial charge < -0.3 is 15.1 Å². The third-order valence-corrected chi connectivity index (χ3v) is 5.03. The summed E-state index contributed by atoms with van der Waals surface area (Å²) in [6, 6.07) is 7.32. The Morgan fingerprint density at radius 3 is 2.62 bits per heavy atom. The quantitative estimate of drug-likeness (QED) is 0.844. The molecule has 0 spiro atoms. The zero-order chi connectivity index (χ0) is 15.2. The minimum absolute atomic E-state index is 0.661. The third-order valence-electron chi connectivity index (χ3n) is 4.54. The molecule has 4 heteroatoms. The van der Waals surface area contributed by atoms with E-state index in [1.54, 1.807) is 0 Å². The fraction of sp³-hybridized carbons (Fsp3) is 0.647. The lowest BCUT2D eigenvalue weighted by atomic mass is 10.0. The van der Waals surface area contributed by atoms with Crippen LogP contribution in [0.1, 0.15) is 32.3 Å². The molecule has 1 N–H and O–H groups in total. The normalized spacial score (nSPS) is 17.1. The van der Waals surface area contributed by atoms with Gasteiger partial charge in [-0.05, 0) is 49.7 Å². The van der Waals surface area contributed by atoms with E-state index in [9.17, 15) is 0 Å². The van der Waals surface area contributed by atoms with E-state index in [1.807, 2.05) is 0 Å². The maximum absolute atomic E-state index is 3.60. The van der Waals surface area contributed by atoms with E-state index < -0.39 is 0 Å². The maximum Gasteiger partial charge on any atom is 0.0412 e. The first kappa shape index (κ1) is 16.8. The smallest absolute Gasteiger partial charge is 0.0412 e. The van der Waals surface area contributed by atoms with Gasteiger partial charge in [0.05, 0.1) is 0 Å². The molecule has 0 amide bonds. The highest BCUT2D eigenvalue weighted by Crippen LogP contribution is 2.28. The van der Waals surface area contributed by atoms with Crippen LogP contribution in [0.15, 0.2) is 22.7 Å². The van der Waals surface area contributed by atoms with Crippen LogP contribution in [0.5, 0.6) is 0 Å². The number of benzene rings is 1. The van der Waals surface area contributed by atoms with Crippen molar-refractivity contribution in [3.05, 3.63) is 28.2 Å². The summed E-state index contributed by atoms with van der Waals surface area (Å²) < 4.78 is 1.16. The fourth-order valence-corrected chi connectivity index (χ4v) is 3.53. The number of hydrogen-bond acceptors (Lipinski definition) is 3. The Morgan fingerprint density at radius 1 is 1.29 bits per heavy atom. The van der Waals surface area contributed by atoms with Crippen LogP contribution in [-0.4, -0.2) is 44.2 Å². The second kappa shape index (κ2) is 8.16. The average Bonchev–Trinajstić information content (AvgIpc) is 2.52. The molecule has 1 aliphatic heterocycles. The first-order chi connectivity index (χ1) is 10.2. The Kier molecular flexibility index (Phi) is 6.52. The summed E-state index contributed by atoms with van der Waals surface area (Å²) in [6.07, 6.45) is 2.53. The number of hydrogen-bond donors (Lipinski definition) is 1. The molecule has 0 saturated carbocycles. The number of piperidine rings is 1. The van der Waals surface area contributed by atoms with Crippen molar-refractivity contribution >= 4 is 21.6 Å². The molecule has 1 heterocycles. The molecule has 0 bridgehead atoms. The van der Waals surface area contributed by atoms with Gasteiger partial charge in [-0.2, -0.15) is 0 Å². The fourth-order valence-electron chi connectivity index (χ4n) is 3.12. The molecule has 21 heavy (non-hydrogen) atoms. The zero-order valence-electron chi connectivity index (χ0n) is 13.5. The van der Waals surface area contributed by atoms with Crippen LogP contribution in [0.4, 0.5) is 5.69 Å². The van der Waals surface area contributed by atoms with Crippen LogP contribution in [0, 0.1) is 0 Å². The number of halogens is 1. The molecule has 0 atom stereocenters. The van der Waals surface area contributed by atoms with Crippen molar-refractivity contribution < 1.29 is 0 Å². The predicted octanol–water partition coefficient (Wildman–Crippen LogP) is 3.48. The summed E-state index contributed by atoms with van der Waals surface area (Å²) >= 11 is 3.60. The summed E-state index contributed by atoms with van der Waals surface area (Å²) in [6.45, 7) is 9.98. The summed E-state index contributed by atoms with van der Waals surface area (Å²) in [5.74, 6) is 0. The van der Waals surface area contributed by atoms with Gasteiger partial charge in [0, 0.05) is 42.9 Å². The Balaban J connectivity index is 2.09. The molecule has 1 aromatic rings. The second-order valence-electron chi connectivity index (χ2n) is 5.83. The SMILES string of the molecule is CCNCc1cc(Br)ccc1N(C)C1CCN(CC)CC1. The van der Waals surface area contributed by atoms with E-state index >= 15 is 0 Å². The summed E-state index contributed by atoms with van der Waals surface area (Å²) in [5.41, 5.74) is 2.75. The lowest BCUT2D eigenvalue weighted by molar-refractivity contribution is 0.221. The third kappa shape index (κ3) is 4.44. The van der Waals surface area contributed by atoms with E-state index in [-0.39, 0.29) is 0 Å². The number of likely N-dealkylation sites (tertiary alicyclic amines) is 1. The first-order valence-electron chi connectivity index (χ1n) is 8.10. The second-order valence-corrected chi connectivity index (χ2v) is 6.75. The van der Waals surface area contributed by atoms with Gasteiger partial charge >= 0.3 is 0 Å². The van der Waals surface area contributed by atoms with E-state index in [4.69, 9.17) is 0 Å². The first-order valence-corrected chi connectivity index (χ1v) is 8.89. The largest absolute Gasteiger partial charge is 0.371 e. The van der Waals surface area contributed by atoms with E-state index in [1.165, 1.54) is 43.7 Å². The van der Waals surface area contributed by atoms with Gasteiger partial charge in [0.15, 0.2) is 0 Å². The number of rotatable bonds is 6. The van der Waals surface area contributed by atoms with Gasteiger partial charge in [0.1, 0.15) is 0 Å². The highest BCUT2D eigenvalue weighted by molar-refractivity contribution is 9.10. The van der Waals surface area contributed by atoms with Gasteiger partial charge in [-0.15, -0.1) is 0 Å². The maximum atomic E-state index is 3.60. The van der Waals surface area contributed by atoms with Crippen molar-refractivity contribution in [1.29, 1.82) is 0 Å². The van der Waals surface area contributed by atoms with Crippen LogP contribution in [0.2, 0.25) is 0 Å². The lowest BCUT2D eigenvalue weighted by Gasteiger charge is -2.38. The van der Waals surface area contributed by atoms with E-state index in [0.717, 1.165) is 17.6 Å². The Hall–Kier alpha value is -0.580. The molecule has 1 aliphatic rings. The van der Waals surface area contributed by atoms with Crippen LogP contribution < -0.4 is 10.2 Å². The number of nitrogens with zero attached hydrogens (tertiary/aromatic N) is 2. The predicted molar refractivity (Wildman–Crippen MR) is 95.1 cm³/mol. The molecule has 118 valence electrons. The molecule has 0 aliphatic carbocycles. The molecule has 1 fully saturated rings. The molecular formula is C17H28BrN3. The molecule has 1 saturated heterocycles. The molecular weight excluding hydrogens is 326 g/mol. The van der Waals surface area contributed by atoms with Crippen LogP contribution >= 0.6 is 15.9 Å². The van der Waals surface area contributed by atoms with Gasteiger partial charge in [0.25, 0.3) is 0 Å². The van der Waals surface area contributed by atoms with Gasteiger partial charge in [0.2, 0.25) is 0 Å². The highest BCUT2D eigenvalue weighted by Gasteiger charge is 2.23. The highest BCUT2D eigenvalue weighted by atomic mass is 79.9. The average molecular weight is 354 g/mol. The van der Waals surface area contributed by atoms with Gasteiger partial charge in [-0.3, -0.25) is 0 Å². The summed E-state index contributed by atoms with van der Waals surface area (Å²) in [7, 11) is 2.25. The van der Waals surface area contributed by atoms with Crippen molar-refractivity contribution in [3.8, 4) is 0 Å². The lowest BCUT2D eigenvalue weighted by Crippen LogP contribution is -2.43.